The molecule has 1 aliphatic heterocycles. The summed E-state index contributed by atoms with van der Waals surface area (Å²) in [7, 11) is 0. The van der Waals surface area contributed by atoms with E-state index >= 15 is 0 Å². The SMILES string of the molecule is CC(C)(C)N1CCN(c2ccc(N)cc2Br)CC1. The van der Waals surface area contributed by atoms with Crippen LogP contribution in [0.1, 0.15) is 20.8 Å². The van der Waals surface area contributed by atoms with Crippen molar-refractivity contribution in [1.29, 1.82) is 0 Å². The molecule has 0 atom stereocenters. The number of anilines is 2. The van der Waals surface area contributed by atoms with Gasteiger partial charge in [-0.1, -0.05) is 0 Å². The van der Waals surface area contributed by atoms with E-state index in [-0.39, 0.29) is 5.54 Å². The molecule has 0 aromatic heterocycles. The molecule has 0 bridgehead atoms. The van der Waals surface area contributed by atoms with E-state index in [9.17, 15) is 0 Å². The number of nitrogens with two attached hydrogens (primary N) is 1. The minimum absolute atomic E-state index is 0.268. The van der Waals surface area contributed by atoms with Gasteiger partial charge in [0, 0.05) is 41.9 Å². The molecular formula is C14H22BrN3. The van der Waals surface area contributed by atoms with Crippen LogP contribution in [-0.2, 0) is 0 Å². The lowest BCUT2D eigenvalue weighted by molar-refractivity contribution is 0.128. The van der Waals surface area contributed by atoms with Crippen LogP contribution < -0.4 is 10.6 Å². The standard InChI is InChI=1S/C14H22BrN3/c1-14(2,3)18-8-6-17(7-9-18)13-5-4-11(16)10-12(13)15/h4-5,10H,6-9,16H2,1-3H3. The van der Waals surface area contributed by atoms with Crippen LogP contribution in [-0.4, -0.2) is 36.6 Å². The molecule has 0 spiro atoms. The molecule has 1 heterocycles. The lowest BCUT2D eigenvalue weighted by atomic mass is 10.0. The Morgan fingerprint density at radius 1 is 1.11 bits per heavy atom. The zero-order chi connectivity index (χ0) is 13.3. The van der Waals surface area contributed by atoms with Crippen LogP contribution in [0.25, 0.3) is 0 Å². The van der Waals surface area contributed by atoms with Crippen molar-refractivity contribution in [2.24, 2.45) is 0 Å². The molecule has 1 fully saturated rings. The molecule has 0 radical (unpaired) electrons. The minimum atomic E-state index is 0.268. The highest BCUT2D eigenvalue weighted by Gasteiger charge is 2.26. The minimum Gasteiger partial charge on any atom is -0.399 e. The maximum Gasteiger partial charge on any atom is 0.0513 e. The first-order valence-electron chi connectivity index (χ1n) is 6.43. The summed E-state index contributed by atoms with van der Waals surface area (Å²) in [6.45, 7) is 11.2. The van der Waals surface area contributed by atoms with Crippen molar-refractivity contribution in [3.63, 3.8) is 0 Å². The zero-order valence-corrected chi connectivity index (χ0v) is 13.0. The Morgan fingerprint density at radius 3 is 2.22 bits per heavy atom. The maximum atomic E-state index is 5.78. The van der Waals surface area contributed by atoms with Crippen molar-refractivity contribution >= 4 is 27.3 Å². The molecule has 18 heavy (non-hydrogen) atoms. The molecule has 100 valence electrons. The molecule has 0 amide bonds. The van der Waals surface area contributed by atoms with Crippen molar-refractivity contribution in [3.8, 4) is 0 Å². The topological polar surface area (TPSA) is 32.5 Å². The Morgan fingerprint density at radius 2 is 1.72 bits per heavy atom. The maximum absolute atomic E-state index is 5.78. The van der Waals surface area contributed by atoms with Crippen LogP contribution in [0.15, 0.2) is 22.7 Å². The second-order valence-corrected chi connectivity index (χ2v) is 6.71. The molecule has 2 rings (SSSR count). The van der Waals surface area contributed by atoms with Crippen molar-refractivity contribution in [2.45, 2.75) is 26.3 Å². The summed E-state index contributed by atoms with van der Waals surface area (Å²) in [6, 6.07) is 6.05. The first-order valence-corrected chi connectivity index (χ1v) is 7.22. The van der Waals surface area contributed by atoms with Gasteiger partial charge in [0.05, 0.1) is 5.69 Å². The van der Waals surface area contributed by atoms with Gasteiger partial charge in [-0.15, -0.1) is 0 Å². The van der Waals surface area contributed by atoms with Gasteiger partial charge in [0.2, 0.25) is 0 Å². The summed E-state index contributed by atoms with van der Waals surface area (Å²) in [5.74, 6) is 0. The first kappa shape index (κ1) is 13.7. The number of nitrogen functional groups attached to an aromatic ring is 1. The smallest absolute Gasteiger partial charge is 0.0513 e. The zero-order valence-electron chi connectivity index (χ0n) is 11.4. The number of hydrogen-bond donors (Lipinski definition) is 1. The highest BCUT2D eigenvalue weighted by molar-refractivity contribution is 9.10. The van der Waals surface area contributed by atoms with Crippen LogP contribution in [0.3, 0.4) is 0 Å². The van der Waals surface area contributed by atoms with E-state index in [0.717, 1.165) is 36.3 Å². The molecule has 2 N–H and O–H groups in total. The van der Waals surface area contributed by atoms with E-state index in [0.29, 0.717) is 0 Å². The number of rotatable bonds is 1. The molecule has 0 unspecified atom stereocenters. The van der Waals surface area contributed by atoms with Crippen LogP contribution in [0, 0.1) is 0 Å². The third kappa shape index (κ3) is 2.98. The van der Waals surface area contributed by atoms with Gasteiger partial charge in [-0.05, 0) is 54.9 Å². The van der Waals surface area contributed by atoms with E-state index in [2.05, 4.69) is 52.6 Å². The second-order valence-electron chi connectivity index (χ2n) is 5.86. The van der Waals surface area contributed by atoms with E-state index in [1.165, 1.54) is 5.69 Å². The van der Waals surface area contributed by atoms with Crippen LogP contribution in [0.4, 0.5) is 11.4 Å². The monoisotopic (exact) mass is 311 g/mol. The van der Waals surface area contributed by atoms with Crippen molar-refractivity contribution < 1.29 is 0 Å². The Labute approximate surface area is 118 Å². The second kappa shape index (κ2) is 5.10. The summed E-state index contributed by atoms with van der Waals surface area (Å²) in [5, 5.41) is 0. The Hall–Kier alpha value is -0.740. The fraction of sp³-hybridized carbons (Fsp3) is 0.571. The molecule has 4 heteroatoms. The molecule has 0 saturated carbocycles. The predicted octanol–water partition coefficient (Wildman–Crippen LogP) is 2.95. The first-order chi connectivity index (χ1) is 8.38. The fourth-order valence-corrected chi connectivity index (χ4v) is 3.05. The molecule has 0 aliphatic carbocycles. The average molecular weight is 312 g/mol. The Bertz CT molecular complexity index is 418. The molecule has 1 saturated heterocycles. The van der Waals surface area contributed by atoms with Gasteiger partial charge in [-0.25, -0.2) is 0 Å². The highest BCUT2D eigenvalue weighted by atomic mass is 79.9. The summed E-state index contributed by atoms with van der Waals surface area (Å²) >= 11 is 3.60. The molecule has 3 nitrogen and oxygen atoms in total. The van der Waals surface area contributed by atoms with Crippen LogP contribution in [0.5, 0.6) is 0 Å². The summed E-state index contributed by atoms with van der Waals surface area (Å²) in [4.78, 5) is 4.96. The van der Waals surface area contributed by atoms with Crippen molar-refractivity contribution in [1.82, 2.24) is 4.90 Å². The van der Waals surface area contributed by atoms with Gasteiger partial charge in [-0.2, -0.15) is 0 Å². The number of halogens is 1. The van der Waals surface area contributed by atoms with Crippen LogP contribution in [0.2, 0.25) is 0 Å². The largest absolute Gasteiger partial charge is 0.399 e. The number of hydrogen-bond acceptors (Lipinski definition) is 3. The number of piperazine rings is 1. The third-order valence-electron chi connectivity index (χ3n) is 3.54. The Kier molecular flexibility index (Phi) is 3.87. The summed E-state index contributed by atoms with van der Waals surface area (Å²) < 4.78 is 1.09. The fourth-order valence-electron chi connectivity index (χ4n) is 2.40. The van der Waals surface area contributed by atoms with Gasteiger partial charge in [0.15, 0.2) is 0 Å². The molecule has 1 aromatic carbocycles. The van der Waals surface area contributed by atoms with Gasteiger partial charge < -0.3 is 10.6 Å². The number of nitrogens with zero attached hydrogens (tertiary/aromatic N) is 2. The third-order valence-corrected chi connectivity index (χ3v) is 4.18. The molecule has 1 aliphatic rings. The highest BCUT2D eigenvalue weighted by Crippen LogP contribution is 2.29. The van der Waals surface area contributed by atoms with Gasteiger partial charge in [0.25, 0.3) is 0 Å². The summed E-state index contributed by atoms with van der Waals surface area (Å²) in [5.41, 5.74) is 8.10. The van der Waals surface area contributed by atoms with E-state index in [4.69, 9.17) is 5.73 Å². The quantitative estimate of drug-likeness (QED) is 0.809. The lowest BCUT2D eigenvalue weighted by Crippen LogP contribution is -2.53. The van der Waals surface area contributed by atoms with Crippen LogP contribution >= 0.6 is 15.9 Å². The lowest BCUT2D eigenvalue weighted by Gasteiger charge is -2.43. The van der Waals surface area contributed by atoms with Gasteiger partial charge in [0.1, 0.15) is 0 Å². The molecular weight excluding hydrogens is 290 g/mol. The molecule has 1 aromatic rings. The van der Waals surface area contributed by atoms with Crippen molar-refractivity contribution in [3.05, 3.63) is 22.7 Å². The number of benzene rings is 1. The van der Waals surface area contributed by atoms with E-state index in [1.54, 1.807) is 0 Å². The normalized spacial score (nSPS) is 18.1. The van der Waals surface area contributed by atoms with E-state index < -0.39 is 0 Å². The summed E-state index contributed by atoms with van der Waals surface area (Å²) in [6.07, 6.45) is 0. The average Bonchev–Trinajstić information content (AvgIpc) is 2.28. The Balaban J connectivity index is 2.06. The van der Waals surface area contributed by atoms with Gasteiger partial charge >= 0.3 is 0 Å². The predicted molar refractivity (Wildman–Crippen MR) is 82.1 cm³/mol. The van der Waals surface area contributed by atoms with E-state index in [1.807, 2.05) is 12.1 Å². The van der Waals surface area contributed by atoms with Crippen molar-refractivity contribution in [2.75, 3.05) is 36.8 Å². The van der Waals surface area contributed by atoms with Gasteiger partial charge in [-0.3, -0.25) is 4.90 Å².